The molecule has 5 nitrogen and oxygen atoms in total. The van der Waals surface area contributed by atoms with Crippen molar-refractivity contribution in [2.75, 3.05) is 33.7 Å². The lowest BCUT2D eigenvalue weighted by molar-refractivity contribution is -0.164. The Kier molecular flexibility index (Phi) is 5.62. The second-order valence-corrected chi connectivity index (χ2v) is 6.51. The Morgan fingerprint density at radius 2 is 1.90 bits per heavy atom. The number of carbonyl (C=O) groups excluding carboxylic acids is 2. The molecule has 2 aliphatic rings. The standard InChI is InChI=1S/C16H29N3O2/c1-4-13-15(20)19-11-6-5-9-14(19)16(21)18(13)12-8-7-10-17(2)3/h13-14H,4-12H2,1-3H3. The third-order valence-corrected chi connectivity index (χ3v) is 4.66. The summed E-state index contributed by atoms with van der Waals surface area (Å²) in [6.07, 6.45) is 5.70. The van der Waals surface area contributed by atoms with Crippen LogP contribution in [0.25, 0.3) is 0 Å². The Morgan fingerprint density at radius 3 is 2.57 bits per heavy atom. The second-order valence-electron chi connectivity index (χ2n) is 6.51. The van der Waals surface area contributed by atoms with E-state index in [1.54, 1.807) is 0 Å². The molecule has 0 aromatic heterocycles. The lowest BCUT2D eigenvalue weighted by Gasteiger charge is -2.47. The van der Waals surface area contributed by atoms with Crippen LogP contribution >= 0.6 is 0 Å². The van der Waals surface area contributed by atoms with Crippen molar-refractivity contribution >= 4 is 11.8 Å². The van der Waals surface area contributed by atoms with Crippen molar-refractivity contribution in [1.82, 2.24) is 14.7 Å². The highest BCUT2D eigenvalue weighted by molar-refractivity contribution is 5.97. The first-order chi connectivity index (χ1) is 10.1. The Hall–Kier alpha value is -1.10. The molecular formula is C16H29N3O2. The third-order valence-electron chi connectivity index (χ3n) is 4.66. The van der Waals surface area contributed by atoms with Gasteiger partial charge in [0, 0.05) is 13.1 Å². The largest absolute Gasteiger partial charge is 0.329 e. The molecule has 0 N–H and O–H groups in total. The van der Waals surface area contributed by atoms with Crippen LogP contribution in [0.3, 0.4) is 0 Å². The molecule has 2 unspecified atom stereocenters. The quantitative estimate of drug-likeness (QED) is 0.694. The molecule has 0 spiro atoms. The zero-order valence-electron chi connectivity index (χ0n) is 13.7. The molecule has 0 radical (unpaired) electrons. The summed E-state index contributed by atoms with van der Waals surface area (Å²) in [4.78, 5) is 31.2. The predicted molar refractivity (Wildman–Crippen MR) is 82.9 cm³/mol. The fourth-order valence-corrected chi connectivity index (χ4v) is 3.49. The van der Waals surface area contributed by atoms with E-state index in [1.807, 2.05) is 16.7 Å². The Labute approximate surface area is 128 Å². The van der Waals surface area contributed by atoms with Crippen molar-refractivity contribution in [2.24, 2.45) is 0 Å². The van der Waals surface area contributed by atoms with Gasteiger partial charge in [0.1, 0.15) is 12.1 Å². The molecule has 2 amide bonds. The summed E-state index contributed by atoms with van der Waals surface area (Å²) in [5.41, 5.74) is 0. The predicted octanol–water partition coefficient (Wildman–Crippen LogP) is 1.33. The molecule has 21 heavy (non-hydrogen) atoms. The lowest BCUT2D eigenvalue weighted by Crippen LogP contribution is -2.65. The molecule has 0 bridgehead atoms. The average Bonchev–Trinajstić information content (AvgIpc) is 2.48. The fraction of sp³-hybridized carbons (Fsp3) is 0.875. The molecule has 2 heterocycles. The van der Waals surface area contributed by atoms with Crippen LogP contribution in [-0.4, -0.2) is 72.3 Å². The van der Waals surface area contributed by atoms with Crippen LogP contribution < -0.4 is 0 Å². The molecule has 2 aliphatic heterocycles. The van der Waals surface area contributed by atoms with Gasteiger partial charge in [-0.2, -0.15) is 0 Å². The summed E-state index contributed by atoms with van der Waals surface area (Å²) in [7, 11) is 4.12. The van der Waals surface area contributed by atoms with Gasteiger partial charge >= 0.3 is 0 Å². The number of nitrogens with zero attached hydrogens (tertiary/aromatic N) is 3. The zero-order valence-corrected chi connectivity index (χ0v) is 13.7. The van der Waals surface area contributed by atoms with Gasteiger partial charge in [-0.05, 0) is 59.2 Å². The number of piperazine rings is 1. The molecular weight excluding hydrogens is 266 g/mol. The molecule has 0 saturated carbocycles. The highest BCUT2D eigenvalue weighted by atomic mass is 16.2. The van der Waals surface area contributed by atoms with Crippen LogP contribution in [0.5, 0.6) is 0 Å². The van der Waals surface area contributed by atoms with E-state index in [4.69, 9.17) is 0 Å². The second kappa shape index (κ2) is 7.25. The molecule has 2 rings (SSSR count). The van der Waals surface area contributed by atoms with E-state index in [0.29, 0.717) is 0 Å². The maximum Gasteiger partial charge on any atom is 0.246 e. The molecule has 120 valence electrons. The van der Waals surface area contributed by atoms with E-state index >= 15 is 0 Å². The van der Waals surface area contributed by atoms with E-state index in [9.17, 15) is 9.59 Å². The maximum absolute atomic E-state index is 12.7. The summed E-state index contributed by atoms with van der Waals surface area (Å²) in [5.74, 6) is 0.361. The molecule has 5 heteroatoms. The minimum Gasteiger partial charge on any atom is -0.329 e. The smallest absolute Gasteiger partial charge is 0.246 e. The van der Waals surface area contributed by atoms with Gasteiger partial charge in [0.25, 0.3) is 0 Å². The SMILES string of the molecule is CCC1C(=O)N2CCCCC2C(=O)N1CCCCN(C)C. The number of amides is 2. The first-order valence-electron chi connectivity index (χ1n) is 8.32. The summed E-state index contributed by atoms with van der Waals surface area (Å²) in [6.45, 7) is 4.52. The van der Waals surface area contributed by atoms with Gasteiger partial charge < -0.3 is 14.7 Å². The van der Waals surface area contributed by atoms with Crippen LogP contribution in [0, 0.1) is 0 Å². The van der Waals surface area contributed by atoms with Gasteiger partial charge in [-0.25, -0.2) is 0 Å². The van der Waals surface area contributed by atoms with Crippen molar-refractivity contribution in [3.8, 4) is 0 Å². The molecule has 0 aromatic carbocycles. The van der Waals surface area contributed by atoms with E-state index < -0.39 is 0 Å². The summed E-state index contributed by atoms with van der Waals surface area (Å²) >= 11 is 0. The number of rotatable bonds is 6. The monoisotopic (exact) mass is 295 g/mol. The maximum atomic E-state index is 12.7. The number of carbonyl (C=O) groups is 2. The number of piperidine rings is 1. The van der Waals surface area contributed by atoms with E-state index in [2.05, 4.69) is 19.0 Å². The van der Waals surface area contributed by atoms with Crippen LogP contribution in [0.4, 0.5) is 0 Å². The third kappa shape index (κ3) is 3.57. The Morgan fingerprint density at radius 1 is 1.14 bits per heavy atom. The van der Waals surface area contributed by atoms with Crippen molar-refractivity contribution in [2.45, 2.75) is 57.5 Å². The van der Waals surface area contributed by atoms with Crippen molar-refractivity contribution < 1.29 is 9.59 Å². The summed E-state index contributed by atoms with van der Waals surface area (Å²) in [6, 6.07) is -0.408. The topological polar surface area (TPSA) is 43.9 Å². The van der Waals surface area contributed by atoms with Crippen LogP contribution in [-0.2, 0) is 9.59 Å². The molecule has 2 atom stereocenters. The zero-order chi connectivity index (χ0) is 15.4. The van der Waals surface area contributed by atoms with Crippen LogP contribution in [0.15, 0.2) is 0 Å². The van der Waals surface area contributed by atoms with Crippen LogP contribution in [0.2, 0.25) is 0 Å². The lowest BCUT2D eigenvalue weighted by atomic mass is 9.94. The van der Waals surface area contributed by atoms with Crippen molar-refractivity contribution in [3.63, 3.8) is 0 Å². The van der Waals surface area contributed by atoms with Gasteiger partial charge in [0.2, 0.25) is 11.8 Å². The fourth-order valence-electron chi connectivity index (χ4n) is 3.49. The molecule has 2 saturated heterocycles. The van der Waals surface area contributed by atoms with Gasteiger partial charge in [-0.1, -0.05) is 6.92 Å². The van der Waals surface area contributed by atoms with Gasteiger partial charge in [0.15, 0.2) is 0 Å². The van der Waals surface area contributed by atoms with Crippen molar-refractivity contribution in [3.05, 3.63) is 0 Å². The van der Waals surface area contributed by atoms with E-state index in [0.717, 1.165) is 58.2 Å². The van der Waals surface area contributed by atoms with Gasteiger partial charge in [-0.15, -0.1) is 0 Å². The minimum absolute atomic E-state index is 0.175. The highest BCUT2D eigenvalue weighted by Crippen LogP contribution is 2.27. The number of fused-ring (bicyclic) bond motifs is 1. The Bertz CT molecular complexity index is 384. The van der Waals surface area contributed by atoms with Gasteiger partial charge in [-0.3, -0.25) is 9.59 Å². The summed E-state index contributed by atoms with van der Waals surface area (Å²) in [5, 5.41) is 0. The number of hydrogen-bond acceptors (Lipinski definition) is 3. The normalized spacial score (nSPS) is 26.5. The first-order valence-corrected chi connectivity index (χ1v) is 8.32. The van der Waals surface area contributed by atoms with E-state index in [1.165, 1.54) is 0 Å². The Balaban J connectivity index is 2.00. The number of unbranched alkanes of at least 4 members (excludes halogenated alkanes) is 1. The highest BCUT2D eigenvalue weighted by Gasteiger charge is 2.45. The molecule has 2 fully saturated rings. The van der Waals surface area contributed by atoms with E-state index in [-0.39, 0.29) is 23.9 Å². The van der Waals surface area contributed by atoms with Crippen molar-refractivity contribution in [1.29, 1.82) is 0 Å². The minimum atomic E-state index is -0.230. The molecule has 0 aromatic rings. The van der Waals surface area contributed by atoms with Gasteiger partial charge in [0.05, 0.1) is 0 Å². The first kappa shape index (κ1) is 16.3. The average molecular weight is 295 g/mol. The summed E-state index contributed by atoms with van der Waals surface area (Å²) < 4.78 is 0. The number of hydrogen-bond donors (Lipinski definition) is 0. The molecule has 0 aliphatic carbocycles. The van der Waals surface area contributed by atoms with Crippen LogP contribution in [0.1, 0.15) is 45.4 Å².